The fraction of sp³-hybridized carbons (Fsp3) is 0.458. The van der Waals surface area contributed by atoms with Crippen molar-refractivity contribution in [3.05, 3.63) is 54.2 Å². The van der Waals surface area contributed by atoms with Crippen molar-refractivity contribution in [1.82, 2.24) is 10.5 Å². The first-order chi connectivity index (χ1) is 13.3. The average Bonchev–Trinajstić information content (AvgIpc) is 3.14. The smallest absolute Gasteiger partial charge is 0.167 e. The van der Waals surface area contributed by atoms with Gasteiger partial charge in [0.05, 0.1) is 5.69 Å². The monoisotopic (exact) mass is 358 g/mol. The Labute approximate surface area is 160 Å². The van der Waals surface area contributed by atoms with Crippen molar-refractivity contribution in [3.63, 3.8) is 0 Å². The number of nitrogens with one attached hydrogen (secondary N) is 1. The average molecular weight is 358 g/mol. The van der Waals surface area contributed by atoms with E-state index in [9.17, 15) is 0 Å². The number of rotatable bonds is 4. The van der Waals surface area contributed by atoms with E-state index in [1.165, 1.54) is 49.3 Å². The molecule has 0 atom stereocenters. The van der Waals surface area contributed by atoms with Crippen LogP contribution in [0, 0.1) is 17.8 Å². The zero-order chi connectivity index (χ0) is 17.8. The first-order valence-electron chi connectivity index (χ1n) is 10.5. The van der Waals surface area contributed by atoms with Gasteiger partial charge in [-0.2, -0.15) is 0 Å². The van der Waals surface area contributed by atoms with Gasteiger partial charge in [0.25, 0.3) is 0 Å². The maximum absolute atomic E-state index is 5.74. The molecule has 3 aromatic rings. The molecule has 0 radical (unpaired) electrons. The summed E-state index contributed by atoms with van der Waals surface area (Å²) in [5.74, 6) is 3.76. The lowest BCUT2D eigenvalue weighted by Gasteiger charge is -2.57. The molecule has 4 aliphatic carbocycles. The third kappa shape index (κ3) is 2.71. The maximum Gasteiger partial charge on any atom is 0.167 e. The van der Waals surface area contributed by atoms with Gasteiger partial charge in [0.2, 0.25) is 0 Å². The van der Waals surface area contributed by atoms with Gasteiger partial charge in [0, 0.05) is 23.7 Å². The predicted molar refractivity (Wildman–Crippen MR) is 107 cm³/mol. The summed E-state index contributed by atoms with van der Waals surface area (Å²) in [5, 5.41) is 10.8. The molecule has 0 unspecified atom stereocenters. The normalized spacial score (nSPS) is 31.6. The molecule has 27 heavy (non-hydrogen) atoms. The van der Waals surface area contributed by atoms with Crippen LogP contribution in [0.4, 0.5) is 0 Å². The molecule has 0 spiro atoms. The van der Waals surface area contributed by atoms with Crippen LogP contribution in [0.15, 0.2) is 53.1 Å². The Hall–Kier alpha value is -2.13. The molecule has 7 rings (SSSR count). The maximum atomic E-state index is 5.74. The van der Waals surface area contributed by atoms with Crippen molar-refractivity contribution >= 4 is 10.8 Å². The topological polar surface area (TPSA) is 38.1 Å². The van der Waals surface area contributed by atoms with Gasteiger partial charge in [-0.3, -0.25) is 0 Å². The highest BCUT2D eigenvalue weighted by Gasteiger charge is 2.50. The quantitative estimate of drug-likeness (QED) is 0.664. The predicted octanol–water partition coefficient (Wildman–Crippen LogP) is 5.55. The first-order valence-corrected chi connectivity index (χ1v) is 10.5. The SMILES string of the molecule is c1ccc2c(-c3cc(CNC45CC6CC(CC(C6)C4)C5)no3)cccc2c1. The number of fused-ring (bicyclic) bond motifs is 1. The van der Waals surface area contributed by atoms with Gasteiger partial charge in [-0.15, -0.1) is 0 Å². The minimum Gasteiger partial charge on any atom is -0.356 e. The van der Waals surface area contributed by atoms with Gasteiger partial charge < -0.3 is 9.84 Å². The number of benzene rings is 2. The highest BCUT2D eigenvalue weighted by molar-refractivity contribution is 5.95. The summed E-state index contributed by atoms with van der Waals surface area (Å²) < 4.78 is 5.74. The van der Waals surface area contributed by atoms with Gasteiger partial charge in [0.15, 0.2) is 5.76 Å². The molecule has 3 nitrogen and oxygen atoms in total. The number of aromatic nitrogens is 1. The minimum absolute atomic E-state index is 0.368. The summed E-state index contributed by atoms with van der Waals surface area (Å²) in [6.45, 7) is 0.820. The van der Waals surface area contributed by atoms with Crippen molar-refractivity contribution < 1.29 is 4.52 Å². The molecule has 4 fully saturated rings. The fourth-order valence-electron chi connectivity index (χ4n) is 6.57. The number of nitrogens with zero attached hydrogens (tertiary/aromatic N) is 1. The van der Waals surface area contributed by atoms with Crippen molar-refractivity contribution in [2.75, 3.05) is 0 Å². The van der Waals surface area contributed by atoms with E-state index in [1.54, 1.807) is 0 Å². The van der Waals surface area contributed by atoms with Crippen LogP contribution in [0.1, 0.15) is 44.2 Å². The van der Waals surface area contributed by atoms with Crippen molar-refractivity contribution in [2.45, 2.75) is 50.6 Å². The lowest BCUT2D eigenvalue weighted by Crippen LogP contribution is -2.58. The van der Waals surface area contributed by atoms with E-state index in [1.807, 2.05) is 0 Å². The second-order valence-corrected chi connectivity index (χ2v) is 9.26. The zero-order valence-electron chi connectivity index (χ0n) is 15.7. The van der Waals surface area contributed by atoms with Crippen LogP contribution in [0.3, 0.4) is 0 Å². The van der Waals surface area contributed by atoms with E-state index in [-0.39, 0.29) is 0 Å². The lowest BCUT2D eigenvalue weighted by atomic mass is 9.53. The van der Waals surface area contributed by atoms with Gasteiger partial charge >= 0.3 is 0 Å². The molecular formula is C24H26N2O. The fourth-order valence-corrected chi connectivity index (χ4v) is 6.57. The summed E-state index contributed by atoms with van der Waals surface area (Å²) in [5.41, 5.74) is 2.52. The second kappa shape index (κ2) is 5.93. The Balaban J connectivity index is 1.23. The minimum atomic E-state index is 0.368. The Morgan fingerprint density at radius 1 is 0.926 bits per heavy atom. The van der Waals surface area contributed by atoms with E-state index < -0.39 is 0 Å². The summed E-state index contributed by atoms with van der Waals surface area (Å²) >= 11 is 0. The molecule has 3 heteroatoms. The van der Waals surface area contributed by atoms with E-state index in [0.717, 1.165) is 41.3 Å². The Bertz CT molecular complexity index is 948. The van der Waals surface area contributed by atoms with Crippen LogP contribution in [-0.4, -0.2) is 10.7 Å². The standard InChI is InChI=1S/C24H26N2O/c1-2-6-21-19(4-1)5-3-7-22(21)23-11-20(26-27-23)15-25-24-12-16-8-17(13-24)10-18(9-16)14-24/h1-7,11,16-18,25H,8-10,12-15H2. The molecular weight excluding hydrogens is 332 g/mol. The highest BCUT2D eigenvalue weighted by Crippen LogP contribution is 2.55. The Morgan fingerprint density at radius 2 is 1.63 bits per heavy atom. The summed E-state index contributed by atoms with van der Waals surface area (Å²) in [6.07, 6.45) is 8.55. The molecule has 4 saturated carbocycles. The number of hydrogen-bond acceptors (Lipinski definition) is 3. The van der Waals surface area contributed by atoms with E-state index in [0.29, 0.717) is 5.54 Å². The summed E-state index contributed by atoms with van der Waals surface area (Å²) in [7, 11) is 0. The second-order valence-electron chi connectivity index (χ2n) is 9.26. The van der Waals surface area contributed by atoms with Crippen LogP contribution in [0.2, 0.25) is 0 Å². The molecule has 0 amide bonds. The number of hydrogen-bond donors (Lipinski definition) is 1. The third-order valence-electron chi connectivity index (χ3n) is 7.30. The third-order valence-corrected chi connectivity index (χ3v) is 7.30. The molecule has 1 aromatic heterocycles. The van der Waals surface area contributed by atoms with Gasteiger partial charge in [0.1, 0.15) is 0 Å². The molecule has 0 saturated heterocycles. The van der Waals surface area contributed by atoms with Crippen LogP contribution in [0.5, 0.6) is 0 Å². The van der Waals surface area contributed by atoms with Crippen LogP contribution < -0.4 is 5.32 Å². The summed E-state index contributed by atoms with van der Waals surface area (Å²) in [6, 6.07) is 16.9. The van der Waals surface area contributed by atoms with Gasteiger partial charge in [-0.25, -0.2) is 0 Å². The van der Waals surface area contributed by atoms with Crippen molar-refractivity contribution in [1.29, 1.82) is 0 Å². The summed E-state index contributed by atoms with van der Waals surface area (Å²) in [4.78, 5) is 0. The highest BCUT2D eigenvalue weighted by atomic mass is 16.5. The first kappa shape index (κ1) is 15.9. The molecule has 1 heterocycles. The van der Waals surface area contributed by atoms with E-state index in [4.69, 9.17) is 4.52 Å². The van der Waals surface area contributed by atoms with Crippen molar-refractivity contribution in [3.8, 4) is 11.3 Å². The Morgan fingerprint density at radius 3 is 2.41 bits per heavy atom. The van der Waals surface area contributed by atoms with E-state index >= 15 is 0 Å². The largest absolute Gasteiger partial charge is 0.356 e. The van der Waals surface area contributed by atoms with Gasteiger partial charge in [-0.1, -0.05) is 47.6 Å². The Kier molecular flexibility index (Phi) is 3.49. The molecule has 4 bridgehead atoms. The molecule has 2 aromatic carbocycles. The molecule has 4 aliphatic rings. The lowest BCUT2D eigenvalue weighted by molar-refractivity contribution is -0.0208. The van der Waals surface area contributed by atoms with Crippen LogP contribution in [0.25, 0.3) is 22.1 Å². The van der Waals surface area contributed by atoms with Crippen molar-refractivity contribution in [2.24, 2.45) is 17.8 Å². The zero-order valence-corrected chi connectivity index (χ0v) is 15.7. The van der Waals surface area contributed by atoms with Gasteiger partial charge in [-0.05, 0) is 67.1 Å². The molecule has 0 aliphatic heterocycles. The van der Waals surface area contributed by atoms with Crippen LogP contribution in [-0.2, 0) is 6.54 Å². The van der Waals surface area contributed by atoms with Crippen LogP contribution >= 0.6 is 0 Å². The molecule has 138 valence electrons. The van der Waals surface area contributed by atoms with E-state index in [2.05, 4.69) is 59.0 Å². The molecule has 1 N–H and O–H groups in total.